The highest BCUT2D eigenvalue weighted by molar-refractivity contribution is 7.89. The van der Waals surface area contributed by atoms with Gasteiger partial charge in [-0.15, -0.1) is 0 Å². The molecular weight excluding hydrogens is 305 g/mol. The summed E-state index contributed by atoms with van der Waals surface area (Å²) in [6.07, 6.45) is 0.845. The summed E-state index contributed by atoms with van der Waals surface area (Å²) in [5.41, 5.74) is 1.07. The maximum atomic E-state index is 12.8. The summed E-state index contributed by atoms with van der Waals surface area (Å²) in [6.45, 7) is 2.38. The number of hydrogen-bond donors (Lipinski definition) is 1. The third-order valence-corrected chi connectivity index (χ3v) is 4.61. The second-order valence-corrected chi connectivity index (χ2v) is 6.43. The second-order valence-electron chi connectivity index (χ2n) is 4.66. The number of benzene rings is 2. The number of ether oxygens (including phenoxy) is 1. The highest BCUT2D eigenvalue weighted by atomic mass is 32.2. The molecule has 0 aliphatic rings. The lowest BCUT2D eigenvalue weighted by atomic mass is 10.1. The first kappa shape index (κ1) is 16.5. The van der Waals surface area contributed by atoms with Crippen LogP contribution in [0.4, 0.5) is 4.39 Å². The van der Waals surface area contributed by atoms with Crippen molar-refractivity contribution in [2.24, 2.45) is 0 Å². The van der Waals surface area contributed by atoms with Crippen LogP contribution in [0.15, 0.2) is 53.4 Å². The summed E-state index contributed by atoms with van der Waals surface area (Å²) < 4.78 is 44.8. The summed E-state index contributed by atoms with van der Waals surface area (Å²) in [6, 6.07) is 12.3. The molecule has 0 saturated carbocycles. The fourth-order valence-electron chi connectivity index (χ4n) is 1.97. The van der Waals surface area contributed by atoms with Gasteiger partial charge in [0.25, 0.3) is 0 Å². The van der Waals surface area contributed by atoms with Crippen LogP contribution < -0.4 is 9.46 Å². The Bertz CT molecular complexity index is 714. The van der Waals surface area contributed by atoms with Gasteiger partial charge in [-0.1, -0.05) is 25.1 Å². The van der Waals surface area contributed by atoms with Crippen LogP contribution in [-0.2, 0) is 16.4 Å². The average Bonchev–Trinajstić information content (AvgIpc) is 2.52. The summed E-state index contributed by atoms with van der Waals surface area (Å²) in [7, 11) is -3.64. The Morgan fingerprint density at radius 1 is 1.09 bits per heavy atom. The topological polar surface area (TPSA) is 55.4 Å². The number of hydrogen-bond acceptors (Lipinski definition) is 3. The van der Waals surface area contributed by atoms with Gasteiger partial charge in [-0.25, -0.2) is 17.5 Å². The Morgan fingerprint density at radius 3 is 2.45 bits per heavy atom. The number of nitrogens with one attached hydrogen (secondary N) is 1. The maximum Gasteiger partial charge on any atom is 0.240 e. The Hall–Kier alpha value is -1.92. The van der Waals surface area contributed by atoms with Gasteiger partial charge >= 0.3 is 0 Å². The van der Waals surface area contributed by atoms with Crippen LogP contribution in [-0.4, -0.2) is 21.6 Å². The lowest BCUT2D eigenvalue weighted by Gasteiger charge is -2.11. The van der Waals surface area contributed by atoms with Gasteiger partial charge in [0, 0.05) is 6.54 Å². The number of sulfonamides is 1. The zero-order valence-corrected chi connectivity index (χ0v) is 13.1. The van der Waals surface area contributed by atoms with Crippen LogP contribution in [0.1, 0.15) is 12.5 Å². The molecule has 2 aromatic carbocycles. The van der Waals surface area contributed by atoms with Gasteiger partial charge in [0.05, 0.1) is 4.90 Å². The summed E-state index contributed by atoms with van der Waals surface area (Å²) in [5.74, 6) is 0.282. The van der Waals surface area contributed by atoms with E-state index in [1.54, 1.807) is 0 Å². The van der Waals surface area contributed by atoms with Crippen molar-refractivity contribution in [3.05, 3.63) is 59.9 Å². The van der Waals surface area contributed by atoms with E-state index in [1.807, 2.05) is 31.2 Å². The van der Waals surface area contributed by atoms with E-state index < -0.39 is 15.8 Å². The van der Waals surface area contributed by atoms with Crippen LogP contribution in [0.3, 0.4) is 0 Å². The Kier molecular flexibility index (Phi) is 5.51. The minimum Gasteiger partial charge on any atom is -0.492 e. The highest BCUT2D eigenvalue weighted by Crippen LogP contribution is 2.18. The van der Waals surface area contributed by atoms with Gasteiger partial charge in [0.2, 0.25) is 10.0 Å². The highest BCUT2D eigenvalue weighted by Gasteiger charge is 2.13. The minimum atomic E-state index is -3.64. The lowest BCUT2D eigenvalue weighted by molar-refractivity contribution is 0.320. The van der Waals surface area contributed by atoms with Gasteiger partial charge in [0.15, 0.2) is 0 Å². The van der Waals surface area contributed by atoms with Crippen molar-refractivity contribution in [1.82, 2.24) is 4.72 Å². The van der Waals surface area contributed by atoms with E-state index in [2.05, 4.69) is 4.72 Å². The first-order valence-corrected chi connectivity index (χ1v) is 8.47. The quantitative estimate of drug-likeness (QED) is 0.797. The molecule has 22 heavy (non-hydrogen) atoms. The fourth-order valence-corrected chi connectivity index (χ4v) is 2.98. The van der Waals surface area contributed by atoms with E-state index in [0.29, 0.717) is 0 Å². The molecule has 0 spiro atoms. The minimum absolute atomic E-state index is 0.0304. The fraction of sp³-hybridized carbons (Fsp3) is 0.250. The monoisotopic (exact) mass is 323 g/mol. The molecule has 0 unspecified atom stereocenters. The summed E-state index contributed by atoms with van der Waals surface area (Å²) in [4.78, 5) is 0.0304. The third-order valence-electron chi connectivity index (χ3n) is 3.13. The second kappa shape index (κ2) is 7.38. The molecule has 0 aliphatic carbocycles. The van der Waals surface area contributed by atoms with E-state index in [4.69, 9.17) is 4.74 Å². The number of rotatable bonds is 7. The smallest absolute Gasteiger partial charge is 0.240 e. The number of halogens is 1. The molecule has 2 rings (SSSR count). The molecule has 0 saturated heterocycles. The first-order valence-electron chi connectivity index (χ1n) is 6.99. The van der Waals surface area contributed by atoms with Crippen LogP contribution >= 0.6 is 0 Å². The predicted molar refractivity (Wildman–Crippen MR) is 82.9 cm³/mol. The van der Waals surface area contributed by atoms with Gasteiger partial charge in [-0.3, -0.25) is 0 Å². The first-order chi connectivity index (χ1) is 10.5. The zero-order chi connectivity index (χ0) is 16.0. The molecule has 118 valence electrons. The number of aryl methyl sites for hydroxylation is 1. The van der Waals surface area contributed by atoms with E-state index in [-0.39, 0.29) is 18.0 Å². The van der Waals surface area contributed by atoms with Crippen molar-refractivity contribution in [2.45, 2.75) is 18.2 Å². The predicted octanol–water partition coefficient (Wildman–Crippen LogP) is 2.75. The van der Waals surface area contributed by atoms with Crippen molar-refractivity contribution < 1.29 is 17.5 Å². The van der Waals surface area contributed by atoms with Gasteiger partial charge in [0.1, 0.15) is 18.2 Å². The maximum absolute atomic E-state index is 12.8. The van der Waals surface area contributed by atoms with Crippen LogP contribution in [0.2, 0.25) is 0 Å². The summed E-state index contributed by atoms with van der Waals surface area (Å²) in [5, 5.41) is 0. The molecular formula is C16H18FNO3S. The molecule has 0 fully saturated rings. The average molecular weight is 323 g/mol. The molecule has 0 heterocycles. The Labute approximate surface area is 130 Å². The Morgan fingerprint density at radius 2 is 1.77 bits per heavy atom. The standard InChI is InChI=1S/C16H18FNO3S/c1-2-13-5-3-4-6-16(13)21-12-11-18-22(19,20)15-9-7-14(17)8-10-15/h3-10,18H,2,11-12H2,1H3. The van der Waals surface area contributed by atoms with E-state index in [9.17, 15) is 12.8 Å². The molecule has 0 aromatic heterocycles. The largest absolute Gasteiger partial charge is 0.492 e. The molecule has 0 bridgehead atoms. The van der Waals surface area contributed by atoms with E-state index >= 15 is 0 Å². The Balaban J connectivity index is 1.89. The summed E-state index contributed by atoms with van der Waals surface area (Å²) >= 11 is 0. The van der Waals surface area contributed by atoms with Crippen molar-refractivity contribution in [3.8, 4) is 5.75 Å². The van der Waals surface area contributed by atoms with Crippen molar-refractivity contribution in [3.63, 3.8) is 0 Å². The third kappa shape index (κ3) is 4.29. The van der Waals surface area contributed by atoms with Crippen molar-refractivity contribution in [1.29, 1.82) is 0 Å². The molecule has 4 nitrogen and oxygen atoms in total. The molecule has 0 aliphatic heterocycles. The lowest BCUT2D eigenvalue weighted by Crippen LogP contribution is -2.28. The van der Waals surface area contributed by atoms with Crippen LogP contribution in [0, 0.1) is 5.82 Å². The van der Waals surface area contributed by atoms with Crippen molar-refractivity contribution >= 4 is 10.0 Å². The molecule has 2 aromatic rings. The molecule has 6 heteroatoms. The molecule has 0 atom stereocenters. The van der Waals surface area contributed by atoms with E-state index in [0.717, 1.165) is 29.9 Å². The number of para-hydroxylation sites is 1. The van der Waals surface area contributed by atoms with Gasteiger partial charge in [-0.05, 0) is 42.3 Å². The molecule has 0 amide bonds. The van der Waals surface area contributed by atoms with E-state index in [1.165, 1.54) is 12.1 Å². The molecule has 1 N–H and O–H groups in total. The van der Waals surface area contributed by atoms with Crippen LogP contribution in [0.5, 0.6) is 5.75 Å². The SMILES string of the molecule is CCc1ccccc1OCCNS(=O)(=O)c1ccc(F)cc1. The van der Waals surface area contributed by atoms with Crippen LogP contribution in [0.25, 0.3) is 0 Å². The van der Waals surface area contributed by atoms with Gasteiger partial charge < -0.3 is 4.74 Å². The van der Waals surface area contributed by atoms with Gasteiger partial charge in [-0.2, -0.15) is 0 Å². The normalized spacial score (nSPS) is 11.4. The molecule has 0 radical (unpaired) electrons. The zero-order valence-electron chi connectivity index (χ0n) is 12.3. The van der Waals surface area contributed by atoms with Crippen molar-refractivity contribution in [2.75, 3.05) is 13.2 Å².